The van der Waals surface area contributed by atoms with E-state index in [-0.39, 0.29) is 0 Å². The number of aliphatic hydroxyl groups is 1. The topological polar surface area (TPSA) is 83.8 Å². The lowest BCUT2D eigenvalue weighted by molar-refractivity contribution is -0.146. The van der Waals surface area contributed by atoms with Gasteiger partial charge in [0.05, 0.1) is 12.2 Å². The highest BCUT2D eigenvalue weighted by molar-refractivity contribution is 5.87. The molecule has 0 aliphatic rings. The zero-order valence-electron chi connectivity index (χ0n) is 9.84. The number of carboxylic acids is 1. The molecule has 0 heterocycles. The smallest absolute Gasteiger partial charge is 0.335 e. The fourth-order valence-corrected chi connectivity index (χ4v) is 0.903. The molecule has 0 aliphatic carbocycles. The van der Waals surface area contributed by atoms with E-state index in [1.807, 2.05) is 6.92 Å². The second-order valence-corrected chi connectivity index (χ2v) is 3.13. The van der Waals surface area contributed by atoms with E-state index in [2.05, 4.69) is 4.74 Å². The number of esters is 1. The number of aromatic carboxylic acids is 1. The monoisotopic (exact) mass is 240 g/mol. The quantitative estimate of drug-likeness (QED) is 0.776. The van der Waals surface area contributed by atoms with Gasteiger partial charge in [-0.3, -0.25) is 0 Å². The number of carbonyl (C=O) groups is 2. The van der Waals surface area contributed by atoms with Crippen molar-refractivity contribution < 1.29 is 24.5 Å². The van der Waals surface area contributed by atoms with Crippen LogP contribution in [0.4, 0.5) is 0 Å². The predicted octanol–water partition coefficient (Wildman–Crippen LogP) is 1.24. The average molecular weight is 240 g/mol. The number of hydrogen-bond acceptors (Lipinski definition) is 4. The second-order valence-electron chi connectivity index (χ2n) is 3.13. The number of hydrogen-bond donors (Lipinski definition) is 2. The number of benzene rings is 1. The molecule has 0 radical (unpaired) electrons. The Balaban J connectivity index is 0.000000325. The molecule has 1 aromatic rings. The van der Waals surface area contributed by atoms with E-state index < -0.39 is 18.5 Å². The Bertz CT molecular complexity index is 356. The summed E-state index contributed by atoms with van der Waals surface area (Å²) < 4.78 is 4.30. The standard InChI is InChI=1S/C8H8O2.C4H8O3/c1-6-2-4-7(5-3-6)8(9)10;1-2-7-4(6)3-5/h2-5H,1H3,(H,9,10);5H,2-3H2,1H3. The van der Waals surface area contributed by atoms with Crippen molar-refractivity contribution in [1.82, 2.24) is 0 Å². The van der Waals surface area contributed by atoms with Crippen LogP contribution in [-0.2, 0) is 9.53 Å². The van der Waals surface area contributed by atoms with E-state index in [0.717, 1.165) is 5.56 Å². The predicted molar refractivity (Wildman–Crippen MR) is 61.9 cm³/mol. The van der Waals surface area contributed by atoms with Crippen molar-refractivity contribution in [2.45, 2.75) is 13.8 Å². The summed E-state index contributed by atoms with van der Waals surface area (Å²) >= 11 is 0. The SMILES string of the molecule is CCOC(=O)CO.Cc1ccc(C(=O)O)cc1. The van der Waals surface area contributed by atoms with Crippen molar-refractivity contribution >= 4 is 11.9 Å². The number of carbonyl (C=O) groups excluding carboxylic acids is 1. The first-order valence-corrected chi connectivity index (χ1v) is 5.07. The molecule has 0 bridgehead atoms. The summed E-state index contributed by atoms with van der Waals surface area (Å²) in [5.41, 5.74) is 1.41. The Labute approximate surface area is 99.7 Å². The maximum absolute atomic E-state index is 10.3. The highest BCUT2D eigenvalue weighted by Crippen LogP contribution is 2.01. The molecule has 5 heteroatoms. The van der Waals surface area contributed by atoms with E-state index >= 15 is 0 Å². The Morgan fingerprint density at radius 1 is 1.24 bits per heavy atom. The van der Waals surface area contributed by atoms with E-state index in [4.69, 9.17) is 10.2 Å². The third-order valence-corrected chi connectivity index (χ3v) is 1.73. The summed E-state index contributed by atoms with van der Waals surface area (Å²) in [6.45, 7) is 3.42. The fraction of sp³-hybridized carbons (Fsp3) is 0.333. The molecule has 0 fully saturated rings. The van der Waals surface area contributed by atoms with Crippen LogP contribution in [-0.4, -0.2) is 35.4 Å². The minimum absolute atomic E-state index is 0.333. The summed E-state index contributed by atoms with van der Waals surface area (Å²) in [4.78, 5) is 20.3. The van der Waals surface area contributed by atoms with Crippen LogP contribution in [0, 0.1) is 6.92 Å². The van der Waals surface area contributed by atoms with Crippen LogP contribution in [0.2, 0.25) is 0 Å². The van der Waals surface area contributed by atoms with Gasteiger partial charge in [-0.1, -0.05) is 17.7 Å². The van der Waals surface area contributed by atoms with Crippen molar-refractivity contribution in [3.8, 4) is 0 Å². The van der Waals surface area contributed by atoms with E-state index in [0.29, 0.717) is 12.2 Å². The summed E-state index contributed by atoms with van der Waals surface area (Å²) in [5.74, 6) is -1.44. The van der Waals surface area contributed by atoms with Crippen molar-refractivity contribution in [2.75, 3.05) is 13.2 Å². The fourth-order valence-electron chi connectivity index (χ4n) is 0.903. The molecular weight excluding hydrogens is 224 g/mol. The van der Waals surface area contributed by atoms with Crippen LogP contribution < -0.4 is 0 Å². The van der Waals surface area contributed by atoms with Gasteiger partial charge in [-0.2, -0.15) is 0 Å². The molecule has 0 aliphatic heterocycles. The number of ether oxygens (including phenoxy) is 1. The molecular formula is C12H16O5. The van der Waals surface area contributed by atoms with Gasteiger partial charge in [-0.05, 0) is 26.0 Å². The van der Waals surface area contributed by atoms with E-state index in [1.165, 1.54) is 0 Å². The first kappa shape index (κ1) is 15.1. The van der Waals surface area contributed by atoms with Crippen molar-refractivity contribution in [1.29, 1.82) is 0 Å². The highest BCUT2D eigenvalue weighted by atomic mass is 16.5. The third-order valence-electron chi connectivity index (χ3n) is 1.73. The number of carboxylic acid groups (broad SMARTS) is 1. The van der Waals surface area contributed by atoms with Crippen LogP contribution in [0.15, 0.2) is 24.3 Å². The molecule has 5 nitrogen and oxygen atoms in total. The Morgan fingerprint density at radius 2 is 1.76 bits per heavy atom. The van der Waals surface area contributed by atoms with Gasteiger partial charge < -0.3 is 14.9 Å². The van der Waals surface area contributed by atoms with Gasteiger partial charge in [0.15, 0.2) is 0 Å². The summed E-state index contributed by atoms with van der Waals surface area (Å²) in [7, 11) is 0. The molecule has 1 rings (SSSR count). The maximum atomic E-state index is 10.3. The molecule has 0 amide bonds. The number of rotatable bonds is 3. The van der Waals surface area contributed by atoms with Gasteiger partial charge >= 0.3 is 11.9 Å². The molecule has 94 valence electrons. The summed E-state index contributed by atoms with van der Waals surface area (Å²) in [6.07, 6.45) is 0. The van der Waals surface area contributed by atoms with Crippen LogP contribution in [0.5, 0.6) is 0 Å². The van der Waals surface area contributed by atoms with Crippen LogP contribution in [0.3, 0.4) is 0 Å². The Kier molecular flexibility index (Phi) is 7.38. The lowest BCUT2D eigenvalue weighted by atomic mass is 10.2. The molecule has 0 saturated carbocycles. The zero-order chi connectivity index (χ0) is 13.3. The molecule has 0 unspecified atom stereocenters. The number of aliphatic hydroxyl groups excluding tert-OH is 1. The summed E-state index contributed by atoms with van der Waals surface area (Å²) in [6, 6.07) is 6.75. The molecule has 0 saturated heterocycles. The molecule has 0 spiro atoms. The average Bonchev–Trinajstić information content (AvgIpc) is 2.30. The van der Waals surface area contributed by atoms with Gasteiger partial charge in [0.25, 0.3) is 0 Å². The number of aryl methyl sites for hydroxylation is 1. The highest BCUT2D eigenvalue weighted by Gasteiger charge is 1.98. The van der Waals surface area contributed by atoms with Crippen molar-refractivity contribution in [3.63, 3.8) is 0 Å². The largest absolute Gasteiger partial charge is 0.478 e. The first-order valence-electron chi connectivity index (χ1n) is 5.07. The van der Waals surface area contributed by atoms with Gasteiger partial charge in [-0.25, -0.2) is 9.59 Å². The van der Waals surface area contributed by atoms with Gasteiger partial charge in [0, 0.05) is 0 Å². The second kappa shape index (κ2) is 8.29. The van der Waals surface area contributed by atoms with Gasteiger partial charge in [-0.15, -0.1) is 0 Å². The van der Waals surface area contributed by atoms with Crippen LogP contribution >= 0.6 is 0 Å². The molecule has 2 N–H and O–H groups in total. The lowest BCUT2D eigenvalue weighted by Gasteiger charge is -1.93. The summed E-state index contributed by atoms with van der Waals surface area (Å²) in [5, 5.41) is 16.5. The maximum Gasteiger partial charge on any atom is 0.335 e. The van der Waals surface area contributed by atoms with E-state index in [9.17, 15) is 9.59 Å². The van der Waals surface area contributed by atoms with Gasteiger partial charge in [0.2, 0.25) is 0 Å². The van der Waals surface area contributed by atoms with Crippen LogP contribution in [0.25, 0.3) is 0 Å². The molecule has 17 heavy (non-hydrogen) atoms. The minimum Gasteiger partial charge on any atom is -0.478 e. The normalized spacial score (nSPS) is 8.88. The Morgan fingerprint density at radius 3 is 2.06 bits per heavy atom. The molecule has 0 aromatic heterocycles. The first-order chi connectivity index (χ1) is 8.01. The van der Waals surface area contributed by atoms with Crippen LogP contribution in [0.1, 0.15) is 22.8 Å². The van der Waals surface area contributed by atoms with Gasteiger partial charge in [0.1, 0.15) is 6.61 Å². The zero-order valence-corrected chi connectivity index (χ0v) is 9.84. The molecule has 1 aromatic carbocycles. The third kappa shape index (κ3) is 7.08. The van der Waals surface area contributed by atoms with Crippen molar-refractivity contribution in [3.05, 3.63) is 35.4 Å². The van der Waals surface area contributed by atoms with E-state index in [1.54, 1.807) is 31.2 Å². The lowest BCUT2D eigenvalue weighted by Crippen LogP contribution is -2.07. The minimum atomic E-state index is -0.875. The van der Waals surface area contributed by atoms with Crippen molar-refractivity contribution in [2.24, 2.45) is 0 Å². The Hall–Kier alpha value is -1.88. The molecule has 0 atom stereocenters.